The number of fused-ring (bicyclic) bond motifs is 5. The van der Waals surface area contributed by atoms with Crippen LogP contribution in [-0.2, 0) is 11.3 Å². The number of hydrogen-bond acceptors (Lipinski definition) is 3. The minimum atomic E-state index is 0.279. The van der Waals surface area contributed by atoms with Crippen molar-refractivity contribution in [3.8, 4) is 6.07 Å². The molecule has 4 saturated carbocycles. The third kappa shape index (κ3) is 5.29. The number of carbonyl (C=O) groups is 1. The van der Waals surface area contributed by atoms with E-state index in [0.29, 0.717) is 29.9 Å². The highest BCUT2D eigenvalue weighted by atomic mass is 16.1. The topological polar surface area (TPSA) is 58.7 Å². The van der Waals surface area contributed by atoms with Crippen LogP contribution < -0.4 is 0 Å². The van der Waals surface area contributed by atoms with Gasteiger partial charge in [0.1, 0.15) is 6.07 Å². The Morgan fingerprint density at radius 2 is 1.79 bits per heavy atom. The van der Waals surface area contributed by atoms with Crippen LogP contribution in [0.4, 0.5) is 0 Å². The van der Waals surface area contributed by atoms with Crippen molar-refractivity contribution in [2.24, 2.45) is 46.8 Å². The van der Waals surface area contributed by atoms with Crippen molar-refractivity contribution >= 4 is 5.78 Å². The summed E-state index contributed by atoms with van der Waals surface area (Å²) in [5, 5.41) is 13.1. The number of rotatable bonds is 4. The summed E-state index contributed by atoms with van der Waals surface area (Å²) in [6.07, 6.45) is 16.5. The fourth-order valence-corrected chi connectivity index (χ4v) is 8.56. The van der Waals surface area contributed by atoms with Gasteiger partial charge in [0.15, 0.2) is 5.78 Å². The number of hydrogen-bond donors (Lipinski definition) is 0. The standard InChI is InChI=1S/C26H37N3O.2C2H6/c1-17-3-6-22-19(11-17)4-7-24-23(22)9-10-26(2)20(5-8-25(24)26)12-21(30)16-29-15-18(13-27)14-28-29;2*1-2/h14-15,17,19-20,22-25H,3-12,16H2,1-2H3;2*1-2H3/t17-,19?,20?,22-,23?,24?,25?,26+;;/m0../s1. The molecule has 190 valence electrons. The molecule has 1 heterocycles. The highest BCUT2D eigenvalue weighted by Crippen LogP contribution is 2.64. The van der Waals surface area contributed by atoms with Gasteiger partial charge in [-0.3, -0.25) is 9.48 Å². The Labute approximate surface area is 208 Å². The van der Waals surface area contributed by atoms with E-state index in [1.165, 1.54) is 57.8 Å². The Balaban J connectivity index is 0.000000771. The third-order valence-corrected chi connectivity index (χ3v) is 9.99. The van der Waals surface area contributed by atoms with Gasteiger partial charge in [-0.2, -0.15) is 10.4 Å². The molecular weight excluding hydrogens is 418 g/mol. The van der Waals surface area contributed by atoms with Crippen LogP contribution >= 0.6 is 0 Å². The zero-order valence-corrected chi connectivity index (χ0v) is 22.7. The first-order chi connectivity index (χ1) is 16.5. The van der Waals surface area contributed by atoms with Crippen LogP contribution in [0.2, 0.25) is 0 Å². The number of nitrogens with zero attached hydrogens (tertiary/aromatic N) is 3. The highest BCUT2D eigenvalue weighted by Gasteiger charge is 2.56. The van der Waals surface area contributed by atoms with E-state index in [1.807, 2.05) is 27.7 Å². The molecule has 4 aliphatic carbocycles. The Bertz CT molecular complexity index is 838. The summed E-state index contributed by atoms with van der Waals surface area (Å²) in [7, 11) is 0. The second kappa shape index (κ2) is 11.9. The van der Waals surface area contributed by atoms with Gasteiger partial charge in [0.2, 0.25) is 0 Å². The summed E-state index contributed by atoms with van der Waals surface area (Å²) in [6.45, 7) is 13.3. The van der Waals surface area contributed by atoms with E-state index in [0.717, 1.165) is 35.5 Å². The predicted molar refractivity (Wildman–Crippen MR) is 139 cm³/mol. The van der Waals surface area contributed by atoms with E-state index < -0.39 is 0 Å². The van der Waals surface area contributed by atoms with Crippen molar-refractivity contribution < 1.29 is 4.79 Å². The summed E-state index contributed by atoms with van der Waals surface area (Å²) in [4.78, 5) is 12.8. The SMILES string of the molecule is CC.CC.C[C@H]1CC[C@H]2C(CCC3C2CC[C@]2(C)C(CC(=O)Cn4cc(C#N)cn4)CCC32)C1. The van der Waals surface area contributed by atoms with Gasteiger partial charge in [0, 0.05) is 12.6 Å². The molecule has 0 aliphatic heterocycles. The second-order valence-electron chi connectivity index (χ2n) is 11.5. The van der Waals surface area contributed by atoms with E-state index in [4.69, 9.17) is 5.26 Å². The first-order valence-corrected chi connectivity index (χ1v) is 14.4. The second-order valence-corrected chi connectivity index (χ2v) is 11.5. The molecule has 4 nitrogen and oxygen atoms in total. The largest absolute Gasteiger partial charge is 0.298 e. The molecular formula is C30H49N3O. The Morgan fingerprint density at radius 1 is 1.06 bits per heavy atom. The van der Waals surface area contributed by atoms with Crippen molar-refractivity contribution in [1.29, 1.82) is 5.26 Å². The van der Waals surface area contributed by atoms with Gasteiger partial charge in [-0.1, -0.05) is 48.0 Å². The molecule has 8 atom stereocenters. The molecule has 34 heavy (non-hydrogen) atoms. The Morgan fingerprint density at radius 3 is 2.50 bits per heavy atom. The van der Waals surface area contributed by atoms with Gasteiger partial charge < -0.3 is 0 Å². The monoisotopic (exact) mass is 467 g/mol. The van der Waals surface area contributed by atoms with Crippen LogP contribution in [-0.4, -0.2) is 15.6 Å². The maximum atomic E-state index is 12.8. The molecule has 0 saturated heterocycles. The van der Waals surface area contributed by atoms with Gasteiger partial charge >= 0.3 is 0 Å². The van der Waals surface area contributed by atoms with Crippen LogP contribution in [0.3, 0.4) is 0 Å². The van der Waals surface area contributed by atoms with Crippen LogP contribution in [0.1, 0.15) is 111 Å². The van der Waals surface area contributed by atoms with Crippen molar-refractivity contribution in [2.45, 2.75) is 112 Å². The molecule has 0 bridgehead atoms. The minimum Gasteiger partial charge on any atom is -0.298 e. The van der Waals surface area contributed by atoms with E-state index in [2.05, 4.69) is 25.0 Å². The van der Waals surface area contributed by atoms with Crippen LogP contribution in [0.25, 0.3) is 0 Å². The van der Waals surface area contributed by atoms with Crippen LogP contribution in [0.5, 0.6) is 0 Å². The molecule has 1 aromatic rings. The Kier molecular flexibility index (Phi) is 9.41. The van der Waals surface area contributed by atoms with Crippen LogP contribution in [0, 0.1) is 58.2 Å². The van der Waals surface area contributed by atoms with Gasteiger partial charge in [0.25, 0.3) is 0 Å². The molecule has 4 heteroatoms. The van der Waals surface area contributed by atoms with E-state index in [1.54, 1.807) is 17.1 Å². The molecule has 0 radical (unpaired) electrons. The van der Waals surface area contributed by atoms with Gasteiger partial charge in [-0.25, -0.2) is 0 Å². The first kappa shape index (κ1) is 27.0. The van der Waals surface area contributed by atoms with Crippen molar-refractivity contribution in [2.75, 3.05) is 0 Å². The molecule has 4 fully saturated rings. The Hall–Kier alpha value is -1.63. The fourth-order valence-electron chi connectivity index (χ4n) is 8.56. The van der Waals surface area contributed by atoms with Gasteiger partial charge in [-0.15, -0.1) is 0 Å². The maximum Gasteiger partial charge on any atom is 0.154 e. The van der Waals surface area contributed by atoms with Crippen LogP contribution in [0.15, 0.2) is 12.4 Å². The molecule has 0 aromatic carbocycles. The first-order valence-electron chi connectivity index (χ1n) is 14.4. The highest BCUT2D eigenvalue weighted by molar-refractivity contribution is 5.78. The zero-order valence-electron chi connectivity index (χ0n) is 22.7. The maximum absolute atomic E-state index is 12.8. The summed E-state index contributed by atoms with van der Waals surface area (Å²) in [5.41, 5.74) is 0.884. The zero-order chi connectivity index (χ0) is 24.9. The van der Waals surface area contributed by atoms with E-state index in [9.17, 15) is 4.79 Å². The smallest absolute Gasteiger partial charge is 0.154 e. The molecule has 1 aromatic heterocycles. The molecule has 5 rings (SSSR count). The minimum absolute atomic E-state index is 0.279. The molecule has 0 N–H and O–H groups in total. The quantitative estimate of drug-likeness (QED) is 0.456. The van der Waals surface area contributed by atoms with Gasteiger partial charge in [0.05, 0.1) is 18.3 Å². The molecule has 0 spiro atoms. The lowest BCUT2D eigenvalue weighted by Gasteiger charge is -2.56. The van der Waals surface area contributed by atoms with Gasteiger partial charge in [-0.05, 0) is 98.2 Å². The lowest BCUT2D eigenvalue weighted by Crippen LogP contribution is -2.48. The third-order valence-electron chi connectivity index (χ3n) is 9.99. The number of aromatic nitrogens is 2. The predicted octanol–water partition coefficient (Wildman–Crippen LogP) is 7.67. The number of carbonyl (C=O) groups excluding carboxylic acids is 1. The summed E-state index contributed by atoms with van der Waals surface area (Å²) >= 11 is 0. The van der Waals surface area contributed by atoms with Crippen molar-refractivity contribution in [3.63, 3.8) is 0 Å². The number of Topliss-reactive ketones (excluding diaryl/α,β-unsaturated/α-hetero) is 1. The lowest BCUT2D eigenvalue weighted by molar-refractivity contribution is -0.123. The van der Waals surface area contributed by atoms with Crippen molar-refractivity contribution in [3.05, 3.63) is 18.0 Å². The van der Waals surface area contributed by atoms with E-state index in [-0.39, 0.29) is 5.78 Å². The molecule has 5 unspecified atom stereocenters. The lowest BCUT2D eigenvalue weighted by atomic mass is 9.49. The molecule has 4 aliphatic rings. The summed E-state index contributed by atoms with van der Waals surface area (Å²) in [6, 6.07) is 2.09. The average molecular weight is 468 g/mol. The number of ketones is 1. The summed E-state index contributed by atoms with van der Waals surface area (Å²) in [5.74, 6) is 6.49. The normalized spacial score (nSPS) is 38.0. The van der Waals surface area contributed by atoms with Crippen molar-refractivity contribution in [1.82, 2.24) is 9.78 Å². The number of nitriles is 1. The summed E-state index contributed by atoms with van der Waals surface area (Å²) < 4.78 is 1.64. The van der Waals surface area contributed by atoms with E-state index >= 15 is 0 Å². The molecule has 0 amide bonds. The fraction of sp³-hybridized carbons (Fsp3) is 0.833. The average Bonchev–Trinajstić information content (AvgIpc) is 3.45.